The van der Waals surface area contributed by atoms with E-state index >= 15 is 0 Å². The number of rotatable bonds is 7. The van der Waals surface area contributed by atoms with Gasteiger partial charge in [0.15, 0.2) is 11.5 Å². The van der Waals surface area contributed by atoms with Crippen molar-refractivity contribution in [2.24, 2.45) is 0 Å². The zero-order valence-electron chi connectivity index (χ0n) is 18.2. The lowest BCUT2D eigenvalue weighted by atomic mass is 10.1. The second-order valence-electron chi connectivity index (χ2n) is 7.58. The number of halogens is 1. The molecule has 1 aliphatic rings. The number of carbonyl (C=O) groups excluding carboxylic acids is 2. The monoisotopic (exact) mass is 523 g/mol. The summed E-state index contributed by atoms with van der Waals surface area (Å²) in [6, 6.07) is 21.2. The molecule has 4 rings (SSSR count). The summed E-state index contributed by atoms with van der Waals surface area (Å²) in [6.45, 7) is 2.70. The Morgan fingerprint density at radius 1 is 0.970 bits per heavy atom. The van der Waals surface area contributed by atoms with E-state index in [-0.39, 0.29) is 17.7 Å². The van der Waals surface area contributed by atoms with Crippen molar-refractivity contribution in [1.82, 2.24) is 4.90 Å². The molecular weight excluding hydrogens is 502 g/mol. The van der Waals surface area contributed by atoms with Crippen molar-refractivity contribution in [3.63, 3.8) is 0 Å². The highest BCUT2D eigenvalue weighted by atomic mass is 79.9. The van der Waals surface area contributed by atoms with E-state index in [0.717, 1.165) is 32.9 Å². The number of imide groups is 1. The van der Waals surface area contributed by atoms with E-state index in [2.05, 4.69) is 15.9 Å². The van der Waals surface area contributed by atoms with E-state index in [1.165, 1.54) is 10.5 Å². The van der Waals surface area contributed by atoms with E-state index in [9.17, 15) is 9.59 Å². The number of thioether (sulfide) groups is 1. The van der Waals surface area contributed by atoms with Crippen LogP contribution in [0.15, 0.2) is 76.1 Å². The smallest absolute Gasteiger partial charge is 0.293 e. The first kappa shape index (κ1) is 23.1. The van der Waals surface area contributed by atoms with Gasteiger partial charge in [-0.1, -0.05) is 64.0 Å². The van der Waals surface area contributed by atoms with Crippen LogP contribution in [-0.4, -0.2) is 23.2 Å². The van der Waals surface area contributed by atoms with Crippen LogP contribution in [0.4, 0.5) is 4.79 Å². The quantitative estimate of drug-likeness (QED) is 0.327. The van der Waals surface area contributed by atoms with Crippen LogP contribution in [-0.2, 0) is 17.9 Å². The number of nitrogens with zero attached hydrogens (tertiary/aromatic N) is 1. The molecule has 1 fully saturated rings. The molecule has 0 radical (unpaired) electrons. The van der Waals surface area contributed by atoms with Gasteiger partial charge in [0.05, 0.1) is 18.6 Å². The van der Waals surface area contributed by atoms with Crippen LogP contribution in [0.5, 0.6) is 11.5 Å². The molecule has 3 aromatic rings. The maximum Gasteiger partial charge on any atom is 0.293 e. The third-order valence-electron chi connectivity index (χ3n) is 5.10. The summed E-state index contributed by atoms with van der Waals surface area (Å²) < 4.78 is 12.3. The van der Waals surface area contributed by atoms with Gasteiger partial charge < -0.3 is 9.47 Å². The Morgan fingerprint density at radius 2 is 1.76 bits per heavy atom. The average molecular weight is 524 g/mol. The van der Waals surface area contributed by atoms with Gasteiger partial charge in [-0.25, -0.2) is 0 Å². The van der Waals surface area contributed by atoms with Crippen LogP contribution in [0.3, 0.4) is 0 Å². The molecule has 0 saturated carbocycles. The fraction of sp³-hybridized carbons (Fsp3) is 0.154. The van der Waals surface area contributed by atoms with Gasteiger partial charge in [-0.3, -0.25) is 14.5 Å². The van der Waals surface area contributed by atoms with Gasteiger partial charge in [-0.2, -0.15) is 0 Å². The number of hydrogen-bond acceptors (Lipinski definition) is 5. The number of aryl methyl sites for hydroxylation is 1. The van der Waals surface area contributed by atoms with Gasteiger partial charge in [-0.15, -0.1) is 0 Å². The molecule has 0 unspecified atom stereocenters. The van der Waals surface area contributed by atoms with Crippen LogP contribution in [0.1, 0.15) is 22.3 Å². The highest BCUT2D eigenvalue weighted by molar-refractivity contribution is 9.10. The predicted octanol–water partition coefficient (Wildman–Crippen LogP) is 6.58. The zero-order chi connectivity index (χ0) is 23.4. The number of hydrogen-bond donors (Lipinski definition) is 0. The topological polar surface area (TPSA) is 55.8 Å². The lowest BCUT2D eigenvalue weighted by Crippen LogP contribution is -2.27. The van der Waals surface area contributed by atoms with Crippen LogP contribution in [0.2, 0.25) is 0 Å². The van der Waals surface area contributed by atoms with Crippen molar-refractivity contribution in [2.45, 2.75) is 20.1 Å². The Kier molecular flexibility index (Phi) is 7.20. The third-order valence-corrected chi connectivity index (χ3v) is 6.50. The molecule has 7 heteroatoms. The number of ether oxygens (including phenoxy) is 2. The molecule has 2 amide bonds. The summed E-state index contributed by atoms with van der Waals surface area (Å²) >= 11 is 4.36. The van der Waals surface area contributed by atoms with Crippen LogP contribution >= 0.6 is 27.7 Å². The van der Waals surface area contributed by atoms with E-state index < -0.39 is 0 Å². The Morgan fingerprint density at radius 3 is 2.48 bits per heavy atom. The first-order valence-corrected chi connectivity index (χ1v) is 11.9. The molecule has 1 heterocycles. The summed E-state index contributed by atoms with van der Waals surface area (Å²) in [5.74, 6) is 0.867. The molecule has 0 aromatic heterocycles. The maximum absolute atomic E-state index is 12.9. The molecule has 3 aromatic carbocycles. The number of benzene rings is 3. The largest absolute Gasteiger partial charge is 0.493 e. The highest BCUT2D eigenvalue weighted by Crippen LogP contribution is 2.35. The van der Waals surface area contributed by atoms with Gasteiger partial charge in [0.25, 0.3) is 11.1 Å². The van der Waals surface area contributed by atoms with Crippen molar-refractivity contribution >= 4 is 44.9 Å². The summed E-state index contributed by atoms with van der Waals surface area (Å²) in [5, 5.41) is -0.281. The normalized spacial score (nSPS) is 14.8. The number of amides is 2. The summed E-state index contributed by atoms with van der Waals surface area (Å²) in [6.07, 6.45) is 1.71. The Labute approximate surface area is 205 Å². The lowest BCUT2D eigenvalue weighted by molar-refractivity contribution is -0.123. The first-order valence-electron chi connectivity index (χ1n) is 10.3. The molecule has 0 bridgehead atoms. The molecule has 0 spiro atoms. The molecule has 168 valence electrons. The van der Waals surface area contributed by atoms with Gasteiger partial charge in [0.1, 0.15) is 6.61 Å². The van der Waals surface area contributed by atoms with Gasteiger partial charge in [0.2, 0.25) is 0 Å². The minimum absolute atomic E-state index is 0.233. The molecular formula is C26H22BrNO4S. The lowest BCUT2D eigenvalue weighted by Gasteiger charge is -2.13. The summed E-state index contributed by atoms with van der Waals surface area (Å²) in [4.78, 5) is 27.0. The second-order valence-corrected chi connectivity index (χ2v) is 9.49. The van der Waals surface area contributed by atoms with Crippen LogP contribution in [0.25, 0.3) is 6.08 Å². The summed E-state index contributed by atoms with van der Waals surface area (Å²) in [7, 11) is 1.57. The molecule has 1 aliphatic heterocycles. The average Bonchev–Trinajstić information content (AvgIpc) is 3.06. The van der Waals surface area contributed by atoms with E-state index in [1.807, 2.05) is 67.6 Å². The van der Waals surface area contributed by atoms with Crippen LogP contribution < -0.4 is 9.47 Å². The Hall–Kier alpha value is -3.03. The van der Waals surface area contributed by atoms with Crippen LogP contribution in [0, 0.1) is 6.92 Å². The minimum atomic E-state index is -0.302. The predicted molar refractivity (Wildman–Crippen MR) is 134 cm³/mol. The van der Waals surface area contributed by atoms with Gasteiger partial charge >= 0.3 is 0 Å². The standard InChI is InChI=1S/C26H22BrNO4S/c1-17-6-8-18(9-7-17)16-32-22-11-10-19(13-23(22)31-2)14-24-25(29)28(26(30)33-24)15-20-4-3-5-21(27)12-20/h3-14H,15-16H2,1-2H3/b24-14+. The van der Waals surface area contributed by atoms with Crippen molar-refractivity contribution in [2.75, 3.05) is 7.11 Å². The molecule has 5 nitrogen and oxygen atoms in total. The van der Waals surface area contributed by atoms with E-state index in [1.54, 1.807) is 19.3 Å². The van der Waals surface area contributed by atoms with Gasteiger partial charge in [-0.05, 0) is 65.7 Å². The number of methoxy groups -OCH3 is 1. The molecule has 0 N–H and O–H groups in total. The Bertz CT molecular complexity index is 1220. The zero-order valence-corrected chi connectivity index (χ0v) is 20.6. The SMILES string of the molecule is COc1cc(/C=C2/SC(=O)N(Cc3cccc(Br)c3)C2=O)ccc1OCc1ccc(C)cc1. The van der Waals surface area contributed by atoms with E-state index in [0.29, 0.717) is 23.0 Å². The van der Waals surface area contributed by atoms with Crippen molar-refractivity contribution in [3.8, 4) is 11.5 Å². The maximum atomic E-state index is 12.9. The first-order chi connectivity index (χ1) is 15.9. The third kappa shape index (κ3) is 5.67. The minimum Gasteiger partial charge on any atom is -0.493 e. The fourth-order valence-electron chi connectivity index (χ4n) is 3.34. The highest BCUT2D eigenvalue weighted by Gasteiger charge is 2.35. The van der Waals surface area contributed by atoms with Crippen molar-refractivity contribution < 1.29 is 19.1 Å². The van der Waals surface area contributed by atoms with Crippen molar-refractivity contribution in [3.05, 3.63) is 98.4 Å². The fourth-order valence-corrected chi connectivity index (χ4v) is 4.63. The molecule has 0 atom stereocenters. The second kappa shape index (κ2) is 10.3. The molecule has 33 heavy (non-hydrogen) atoms. The molecule has 0 aliphatic carbocycles. The summed E-state index contributed by atoms with van der Waals surface area (Å²) in [5.41, 5.74) is 3.89. The molecule has 1 saturated heterocycles. The number of carbonyl (C=O) groups is 2. The Balaban J connectivity index is 1.48. The van der Waals surface area contributed by atoms with E-state index in [4.69, 9.17) is 9.47 Å². The van der Waals surface area contributed by atoms with Gasteiger partial charge in [0, 0.05) is 4.47 Å². The van der Waals surface area contributed by atoms with Crippen molar-refractivity contribution in [1.29, 1.82) is 0 Å².